The maximum Gasteiger partial charge on any atom is 0.280 e. The fraction of sp³-hybridized carbons (Fsp3) is 0.115. The Bertz CT molecular complexity index is 1650. The first-order chi connectivity index (χ1) is 17.4. The molecule has 0 saturated carbocycles. The van der Waals surface area contributed by atoms with E-state index in [-0.39, 0.29) is 17.1 Å². The van der Waals surface area contributed by atoms with Crippen LogP contribution in [0.3, 0.4) is 0 Å². The molecule has 0 atom stereocenters. The number of primary amides is 1. The number of amides is 1. The molecule has 10 nitrogen and oxygen atoms in total. The van der Waals surface area contributed by atoms with Gasteiger partial charge in [-0.1, -0.05) is 37.0 Å². The molecule has 1 aromatic carbocycles. The highest BCUT2D eigenvalue weighted by Crippen LogP contribution is 2.14. The molecule has 0 aliphatic heterocycles. The normalized spacial score (nSPS) is 10.3. The minimum atomic E-state index is -0.661. The van der Waals surface area contributed by atoms with Crippen molar-refractivity contribution in [3.8, 4) is 17.5 Å². The highest BCUT2D eigenvalue weighted by Gasteiger charge is 2.13. The summed E-state index contributed by atoms with van der Waals surface area (Å²) in [6.07, 6.45) is 11.0. The van der Waals surface area contributed by atoms with Gasteiger partial charge in [-0.25, -0.2) is 9.97 Å². The smallest absolute Gasteiger partial charge is 0.280 e. The van der Waals surface area contributed by atoms with Gasteiger partial charge in [0.05, 0.1) is 17.3 Å². The largest absolute Gasteiger partial charge is 0.382 e. The van der Waals surface area contributed by atoms with Gasteiger partial charge in [0.2, 0.25) is 0 Å². The highest BCUT2D eigenvalue weighted by atomic mass is 16.1. The number of nitrogens with two attached hydrogens (primary N) is 2. The lowest BCUT2D eigenvalue weighted by Crippen LogP contribution is -2.24. The van der Waals surface area contributed by atoms with Crippen molar-refractivity contribution < 1.29 is 4.79 Å². The first-order valence-corrected chi connectivity index (χ1v) is 11.1. The van der Waals surface area contributed by atoms with Crippen molar-refractivity contribution in [1.29, 1.82) is 0 Å². The molecule has 4 aromatic heterocycles. The van der Waals surface area contributed by atoms with Gasteiger partial charge < -0.3 is 15.9 Å². The third-order valence-corrected chi connectivity index (χ3v) is 5.28. The van der Waals surface area contributed by atoms with Gasteiger partial charge in [-0.15, -0.1) is 0 Å². The van der Waals surface area contributed by atoms with Gasteiger partial charge in [-0.2, -0.15) is 5.10 Å². The van der Waals surface area contributed by atoms with Crippen LogP contribution in [0.5, 0.6) is 0 Å². The molecule has 0 spiro atoms. The Kier molecular flexibility index (Phi) is 6.92. The molecular formula is C26H24N8O2. The molecule has 180 valence electrons. The number of para-hydroxylation sites is 1. The fourth-order valence-electron chi connectivity index (χ4n) is 3.61. The van der Waals surface area contributed by atoms with E-state index in [0.29, 0.717) is 11.1 Å². The first-order valence-electron chi connectivity index (χ1n) is 11.1. The van der Waals surface area contributed by atoms with Crippen LogP contribution in [0.1, 0.15) is 34.2 Å². The summed E-state index contributed by atoms with van der Waals surface area (Å²) in [5, 5.41) is 4.12. The molecule has 0 bridgehead atoms. The van der Waals surface area contributed by atoms with Crippen LogP contribution in [0, 0.1) is 11.8 Å². The van der Waals surface area contributed by atoms with E-state index < -0.39 is 5.91 Å². The van der Waals surface area contributed by atoms with Crippen molar-refractivity contribution in [2.75, 3.05) is 5.73 Å². The Morgan fingerprint density at radius 1 is 1.06 bits per heavy atom. The first kappa shape index (κ1) is 24.0. The number of hydrogen-bond donors (Lipinski definition) is 2. The van der Waals surface area contributed by atoms with Gasteiger partial charge in [-0.3, -0.25) is 18.8 Å². The van der Waals surface area contributed by atoms with Crippen LogP contribution in [0.15, 0.2) is 78.4 Å². The fourth-order valence-corrected chi connectivity index (χ4v) is 3.61. The quantitative estimate of drug-likeness (QED) is 0.378. The van der Waals surface area contributed by atoms with Gasteiger partial charge in [0.25, 0.3) is 11.5 Å². The maximum atomic E-state index is 13.3. The average Bonchev–Trinajstić information content (AvgIpc) is 3.49. The number of hydrogen-bond acceptors (Lipinski definition) is 6. The molecule has 0 saturated heterocycles. The van der Waals surface area contributed by atoms with Gasteiger partial charge in [-0.05, 0) is 24.6 Å². The monoisotopic (exact) mass is 480 g/mol. The summed E-state index contributed by atoms with van der Waals surface area (Å²) < 4.78 is 5.34. The van der Waals surface area contributed by atoms with E-state index in [0.717, 1.165) is 23.4 Å². The number of anilines is 1. The van der Waals surface area contributed by atoms with E-state index >= 15 is 0 Å². The van der Waals surface area contributed by atoms with Gasteiger partial charge in [0.1, 0.15) is 5.52 Å². The predicted octanol–water partition coefficient (Wildman–Crippen LogP) is 1.94. The molecule has 0 aliphatic rings. The Morgan fingerprint density at radius 3 is 2.42 bits per heavy atom. The number of aryl methyl sites for hydroxylation is 2. The van der Waals surface area contributed by atoms with Crippen LogP contribution in [-0.4, -0.2) is 34.6 Å². The van der Waals surface area contributed by atoms with E-state index in [2.05, 4.69) is 26.9 Å². The highest BCUT2D eigenvalue weighted by molar-refractivity contribution is 5.94. The summed E-state index contributed by atoms with van der Waals surface area (Å²) >= 11 is 0. The van der Waals surface area contributed by atoms with E-state index in [9.17, 15) is 9.59 Å². The lowest BCUT2D eigenvalue weighted by molar-refractivity contribution is 0.0996. The molecule has 1 amide bonds. The van der Waals surface area contributed by atoms with Crippen LogP contribution in [0.25, 0.3) is 11.2 Å². The predicted molar refractivity (Wildman–Crippen MR) is 137 cm³/mol. The van der Waals surface area contributed by atoms with Gasteiger partial charge >= 0.3 is 0 Å². The Labute approximate surface area is 206 Å². The number of carbonyl (C=O) groups is 1. The third-order valence-electron chi connectivity index (χ3n) is 5.28. The van der Waals surface area contributed by atoms with Crippen molar-refractivity contribution in [1.82, 2.24) is 28.7 Å². The summed E-state index contributed by atoms with van der Waals surface area (Å²) in [6.45, 7) is 2.05. The molecule has 5 rings (SSSR count). The maximum absolute atomic E-state index is 13.3. The Balaban J connectivity index is 0.000000256. The van der Waals surface area contributed by atoms with Crippen molar-refractivity contribution in [3.05, 3.63) is 106 Å². The van der Waals surface area contributed by atoms with Gasteiger partial charge in [0, 0.05) is 49.4 Å². The van der Waals surface area contributed by atoms with E-state index in [4.69, 9.17) is 11.5 Å². The number of nitrogen functional groups attached to an aromatic ring is 1. The number of fused-ring (bicyclic) bond motifs is 1. The van der Waals surface area contributed by atoms with E-state index in [1.165, 1.54) is 12.4 Å². The van der Waals surface area contributed by atoms with Crippen LogP contribution in [0.4, 0.5) is 5.82 Å². The molecule has 0 radical (unpaired) electrons. The number of aromatic nitrogens is 6. The molecule has 5 aromatic rings. The molecular weight excluding hydrogens is 456 g/mol. The second-order valence-corrected chi connectivity index (χ2v) is 7.74. The molecule has 10 heteroatoms. The summed E-state index contributed by atoms with van der Waals surface area (Å²) in [5.74, 6) is 5.60. The van der Waals surface area contributed by atoms with Crippen LogP contribution in [-0.2, 0) is 13.5 Å². The van der Waals surface area contributed by atoms with E-state index in [1.54, 1.807) is 15.4 Å². The standard InChI is InChI=1S/C21H18N4O.C5H6N4O/c1-3-18-15-24-12-11-17(10-9-16-13-22-23(2)14-16)20(24)21(26)25(18)19-7-5-4-6-8-19;6-4-3(5(7)10)8-1-2-9-4/h4-8,11-15H,3H2,1-2H3;1-2H,(H2,6,9)(H2,7,10). The Hall–Kier alpha value is -5.17. The lowest BCUT2D eigenvalue weighted by atomic mass is 10.2. The van der Waals surface area contributed by atoms with Crippen molar-refractivity contribution in [2.45, 2.75) is 13.3 Å². The molecule has 36 heavy (non-hydrogen) atoms. The Morgan fingerprint density at radius 2 is 1.81 bits per heavy atom. The molecule has 0 aliphatic carbocycles. The minimum absolute atomic E-state index is 0.0162. The van der Waals surface area contributed by atoms with Crippen molar-refractivity contribution in [2.24, 2.45) is 12.8 Å². The van der Waals surface area contributed by atoms with Crippen LogP contribution in [0.2, 0.25) is 0 Å². The summed E-state index contributed by atoms with van der Waals surface area (Å²) in [5.41, 5.74) is 14.0. The second kappa shape index (κ2) is 10.4. The third kappa shape index (κ3) is 5.00. The zero-order valence-corrected chi connectivity index (χ0v) is 19.8. The number of benzene rings is 1. The summed E-state index contributed by atoms with van der Waals surface area (Å²) in [6, 6.07) is 11.6. The van der Waals surface area contributed by atoms with Crippen molar-refractivity contribution >= 4 is 17.2 Å². The lowest BCUT2D eigenvalue weighted by Gasteiger charge is -2.13. The SMILES string of the molecule is CCc1cn2ccc(C#Cc3cnn(C)c3)c2c(=O)n1-c1ccccc1.NC(=O)c1nccnc1N. The summed E-state index contributed by atoms with van der Waals surface area (Å²) in [7, 11) is 1.85. The summed E-state index contributed by atoms with van der Waals surface area (Å²) in [4.78, 5) is 31.0. The molecule has 4 N–H and O–H groups in total. The van der Waals surface area contributed by atoms with Crippen molar-refractivity contribution in [3.63, 3.8) is 0 Å². The topological polar surface area (TPSA) is 139 Å². The second-order valence-electron chi connectivity index (χ2n) is 7.74. The number of carbonyl (C=O) groups excluding carboxylic acids is 1. The van der Waals surface area contributed by atoms with E-state index in [1.807, 2.05) is 73.4 Å². The molecule has 4 heterocycles. The van der Waals surface area contributed by atoms with Crippen LogP contribution < -0.4 is 17.0 Å². The average molecular weight is 481 g/mol. The minimum Gasteiger partial charge on any atom is -0.382 e. The zero-order chi connectivity index (χ0) is 25.7. The molecule has 0 unspecified atom stereocenters. The number of rotatable bonds is 3. The van der Waals surface area contributed by atoms with Crippen LogP contribution >= 0.6 is 0 Å². The van der Waals surface area contributed by atoms with Gasteiger partial charge in [0.15, 0.2) is 11.5 Å². The number of nitrogens with zero attached hydrogens (tertiary/aromatic N) is 6. The zero-order valence-electron chi connectivity index (χ0n) is 19.8. The molecule has 0 fully saturated rings.